The molecule has 0 amide bonds. The summed E-state index contributed by atoms with van der Waals surface area (Å²) in [6.45, 7) is 9.13. The van der Waals surface area contributed by atoms with Crippen molar-refractivity contribution in [3.8, 4) is 11.3 Å². The van der Waals surface area contributed by atoms with Gasteiger partial charge in [-0.1, -0.05) is 24.3 Å². The van der Waals surface area contributed by atoms with Gasteiger partial charge in [-0.3, -0.25) is 9.88 Å². The van der Waals surface area contributed by atoms with Gasteiger partial charge in [0.05, 0.1) is 25.5 Å². The van der Waals surface area contributed by atoms with E-state index in [4.69, 9.17) is 9.73 Å². The van der Waals surface area contributed by atoms with Crippen molar-refractivity contribution in [3.63, 3.8) is 0 Å². The largest absolute Gasteiger partial charge is 0.379 e. The van der Waals surface area contributed by atoms with Gasteiger partial charge in [0.15, 0.2) is 5.96 Å². The van der Waals surface area contributed by atoms with Crippen LogP contribution in [-0.2, 0) is 11.3 Å². The van der Waals surface area contributed by atoms with E-state index in [2.05, 4.69) is 51.7 Å². The van der Waals surface area contributed by atoms with Crippen molar-refractivity contribution in [3.05, 3.63) is 54.2 Å². The number of ether oxygens (including phenoxy) is 1. The monoisotopic (exact) mass is 367 g/mol. The van der Waals surface area contributed by atoms with Crippen LogP contribution in [0.5, 0.6) is 0 Å². The molecule has 144 valence electrons. The fraction of sp³-hybridized carbons (Fsp3) is 0.429. The van der Waals surface area contributed by atoms with Crippen LogP contribution in [0.1, 0.15) is 12.5 Å². The maximum atomic E-state index is 5.39. The van der Waals surface area contributed by atoms with E-state index in [1.165, 1.54) is 5.56 Å². The number of pyridine rings is 1. The number of benzene rings is 1. The van der Waals surface area contributed by atoms with Crippen LogP contribution in [0.2, 0.25) is 0 Å². The molecule has 2 heterocycles. The van der Waals surface area contributed by atoms with Crippen molar-refractivity contribution < 1.29 is 4.74 Å². The molecule has 2 aromatic rings. The van der Waals surface area contributed by atoms with E-state index in [0.29, 0.717) is 6.54 Å². The van der Waals surface area contributed by atoms with Crippen LogP contribution in [0.4, 0.5) is 0 Å². The van der Waals surface area contributed by atoms with Gasteiger partial charge in [0.1, 0.15) is 0 Å². The van der Waals surface area contributed by atoms with Crippen LogP contribution >= 0.6 is 0 Å². The highest BCUT2D eigenvalue weighted by atomic mass is 16.5. The van der Waals surface area contributed by atoms with Crippen molar-refractivity contribution in [2.24, 2.45) is 4.99 Å². The molecule has 1 aliphatic rings. The lowest BCUT2D eigenvalue weighted by molar-refractivity contribution is 0.0389. The van der Waals surface area contributed by atoms with Gasteiger partial charge in [0.2, 0.25) is 0 Å². The van der Waals surface area contributed by atoms with E-state index in [0.717, 1.165) is 63.2 Å². The molecule has 1 fully saturated rings. The van der Waals surface area contributed by atoms with Crippen LogP contribution in [0.25, 0.3) is 11.3 Å². The second-order valence-corrected chi connectivity index (χ2v) is 6.49. The molecule has 3 rings (SSSR count). The second-order valence-electron chi connectivity index (χ2n) is 6.49. The van der Waals surface area contributed by atoms with E-state index >= 15 is 0 Å². The Labute approximate surface area is 161 Å². The first-order chi connectivity index (χ1) is 13.3. The molecule has 1 aliphatic heterocycles. The summed E-state index contributed by atoms with van der Waals surface area (Å²) in [6, 6.07) is 14.4. The predicted octanol–water partition coefficient (Wildman–Crippen LogP) is 2.14. The van der Waals surface area contributed by atoms with Crippen LogP contribution in [0, 0.1) is 0 Å². The average molecular weight is 367 g/mol. The molecular weight excluding hydrogens is 338 g/mol. The number of nitrogens with one attached hydrogen (secondary N) is 2. The Morgan fingerprint density at radius 1 is 1.15 bits per heavy atom. The maximum Gasteiger partial charge on any atom is 0.191 e. The van der Waals surface area contributed by atoms with Crippen LogP contribution in [-0.4, -0.2) is 61.8 Å². The third-order valence-electron chi connectivity index (χ3n) is 4.48. The number of guanidine groups is 1. The van der Waals surface area contributed by atoms with E-state index in [-0.39, 0.29) is 0 Å². The molecule has 6 nitrogen and oxygen atoms in total. The summed E-state index contributed by atoms with van der Waals surface area (Å²) < 4.78 is 5.39. The number of nitrogens with zero attached hydrogens (tertiary/aromatic N) is 3. The molecule has 0 saturated carbocycles. The highest BCUT2D eigenvalue weighted by Crippen LogP contribution is 2.18. The second kappa shape index (κ2) is 10.6. The normalized spacial score (nSPS) is 15.5. The van der Waals surface area contributed by atoms with Gasteiger partial charge >= 0.3 is 0 Å². The molecule has 1 saturated heterocycles. The van der Waals surface area contributed by atoms with Gasteiger partial charge in [-0.25, -0.2) is 4.99 Å². The lowest BCUT2D eigenvalue weighted by Gasteiger charge is -2.26. The number of hydrogen-bond donors (Lipinski definition) is 2. The van der Waals surface area contributed by atoms with Crippen LogP contribution < -0.4 is 10.6 Å². The van der Waals surface area contributed by atoms with E-state index in [1.54, 1.807) is 0 Å². The summed E-state index contributed by atoms with van der Waals surface area (Å²) in [7, 11) is 0. The third-order valence-corrected chi connectivity index (χ3v) is 4.48. The van der Waals surface area contributed by atoms with Crippen molar-refractivity contribution in [1.29, 1.82) is 0 Å². The first kappa shape index (κ1) is 19.3. The molecule has 0 radical (unpaired) electrons. The molecule has 0 spiro atoms. The Hall–Kier alpha value is -2.44. The summed E-state index contributed by atoms with van der Waals surface area (Å²) in [6.07, 6.45) is 1.82. The number of rotatable bonds is 7. The van der Waals surface area contributed by atoms with E-state index in [9.17, 15) is 0 Å². The summed E-state index contributed by atoms with van der Waals surface area (Å²) in [5, 5.41) is 6.75. The van der Waals surface area contributed by atoms with Gasteiger partial charge in [0.25, 0.3) is 0 Å². The molecule has 0 aliphatic carbocycles. The highest BCUT2D eigenvalue weighted by Gasteiger charge is 2.09. The van der Waals surface area contributed by atoms with Crippen molar-refractivity contribution in [2.75, 3.05) is 45.9 Å². The maximum absolute atomic E-state index is 5.39. The molecule has 2 N–H and O–H groups in total. The fourth-order valence-corrected chi connectivity index (χ4v) is 3.03. The Bertz CT molecular complexity index is 714. The molecule has 0 atom stereocenters. The molecule has 0 unspecified atom stereocenters. The van der Waals surface area contributed by atoms with Crippen molar-refractivity contribution in [2.45, 2.75) is 13.5 Å². The van der Waals surface area contributed by atoms with Gasteiger partial charge in [0, 0.05) is 44.5 Å². The standard InChI is InChI=1S/C21H29N5O/c1-2-22-21(24-10-11-26-12-14-27-15-13-26)25-17-18-6-5-7-19(16-18)20-8-3-4-9-23-20/h3-9,16H,2,10-15,17H2,1H3,(H2,22,24,25). The zero-order valence-electron chi connectivity index (χ0n) is 16.0. The molecule has 1 aromatic carbocycles. The third kappa shape index (κ3) is 6.34. The minimum Gasteiger partial charge on any atom is -0.379 e. The quantitative estimate of drug-likeness (QED) is 0.580. The Kier molecular flexibility index (Phi) is 7.62. The SMILES string of the molecule is CCNC(=NCc1cccc(-c2ccccn2)c1)NCCN1CCOCC1. The molecule has 1 aromatic heterocycles. The zero-order chi connectivity index (χ0) is 18.7. The smallest absolute Gasteiger partial charge is 0.191 e. The molecule has 6 heteroatoms. The van der Waals surface area contributed by atoms with Gasteiger partial charge in [-0.15, -0.1) is 0 Å². The zero-order valence-corrected chi connectivity index (χ0v) is 16.0. The summed E-state index contributed by atoms with van der Waals surface area (Å²) in [5.41, 5.74) is 3.27. The number of hydrogen-bond acceptors (Lipinski definition) is 4. The topological polar surface area (TPSA) is 61.8 Å². The minimum atomic E-state index is 0.633. The first-order valence-corrected chi connectivity index (χ1v) is 9.68. The molecule has 0 bridgehead atoms. The molecular formula is C21H29N5O. The van der Waals surface area contributed by atoms with E-state index < -0.39 is 0 Å². The first-order valence-electron chi connectivity index (χ1n) is 9.68. The van der Waals surface area contributed by atoms with Gasteiger partial charge in [-0.2, -0.15) is 0 Å². The van der Waals surface area contributed by atoms with Gasteiger partial charge < -0.3 is 15.4 Å². The van der Waals surface area contributed by atoms with Gasteiger partial charge in [-0.05, 0) is 30.7 Å². The highest BCUT2D eigenvalue weighted by molar-refractivity contribution is 5.79. The summed E-state index contributed by atoms with van der Waals surface area (Å²) in [4.78, 5) is 11.6. The van der Waals surface area contributed by atoms with Crippen molar-refractivity contribution >= 4 is 5.96 Å². The predicted molar refractivity (Wildman–Crippen MR) is 110 cm³/mol. The fourth-order valence-electron chi connectivity index (χ4n) is 3.03. The lowest BCUT2D eigenvalue weighted by Crippen LogP contribution is -2.44. The van der Waals surface area contributed by atoms with Crippen molar-refractivity contribution in [1.82, 2.24) is 20.5 Å². The van der Waals surface area contributed by atoms with E-state index in [1.807, 2.05) is 24.4 Å². The number of morpholine rings is 1. The number of aliphatic imine (C=N–C) groups is 1. The van der Waals surface area contributed by atoms with Crippen LogP contribution in [0.3, 0.4) is 0 Å². The Morgan fingerprint density at radius 2 is 2.04 bits per heavy atom. The summed E-state index contributed by atoms with van der Waals surface area (Å²) in [5.74, 6) is 0.856. The molecule has 27 heavy (non-hydrogen) atoms. The van der Waals surface area contributed by atoms with Crippen LogP contribution in [0.15, 0.2) is 53.7 Å². The Balaban J connectivity index is 1.56. The summed E-state index contributed by atoms with van der Waals surface area (Å²) >= 11 is 0. The lowest BCUT2D eigenvalue weighted by atomic mass is 10.1. The number of aromatic nitrogens is 1. The average Bonchev–Trinajstić information content (AvgIpc) is 2.74. The Morgan fingerprint density at radius 3 is 2.81 bits per heavy atom. The minimum absolute atomic E-state index is 0.633.